The first-order valence-electron chi connectivity index (χ1n) is 8.10. The predicted molar refractivity (Wildman–Crippen MR) is 92.6 cm³/mol. The number of nitrogens with one attached hydrogen (secondary N) is 2. The molecule has 0 bridgehead atoms. The Bertz CT molecular complexity index is 618. The van der Waals surface area contributed by atoms with Crippen molar-refractivity contribution in [1.82, 2.24) is 10.0 Å². The van der Waals surface area contributed by atoms with Crippen LogP contribution in [0, 0.1) is 0 Å². The number of benzene rings is 1. The number of sulfonamides is 1. The molecule has 0 spiro atoms. The highest BCUT2D eigenvalue weighted by Gasteiger charge is 2.12. The smallest absolute Gasteiger partial charge is 0.240 e. The van der Waals surface area contributed by atoms with Crippen LogP contribution in [0.2, 0.25) is 0 Å². The monoisotopic (exact) mass is 338 g/mol. The lowest BCUT2D eigenvalue weighted by Gasteiger charge is -2.16. The van der Waals surface area contributed by atoms with E-state index in [2.05, 4.69) is 15.0 Å². The van der Waals surface area contributed by atoms with Gasteiger partial charge in [-0.2, -0.15) is 0 Å². The van der Waals surface area contributed by atoms with Crippen LogP contribution in [0.4, 0.5) is 0 Å². The molecule has 4 N–H and O–H groups in total. The van der Waals surface area contributed by atoms with Gasteiger partial charge in [0.05, 0.1) is 11.4 Å². The van der Waals surface area contributed by atoms with E-state index in [0.717, 1.165) is 18.4 Å². The Morgan fingerprint density at radius 1 is 1.17 bits per heavy atom. The van der Waals surface area contributed by atoms with Crippen molar-refractivity contribution in [3.8, 4) is 0 Å². The van der Waals surface area contributed by atoms with Gasteiger partial charge in [-0.15, -0.1) is 0 Å². The first-order chi connectivity index (χ1) is 11.0. The van der Waals surface area contributed by atoms with E-state index in [1.165, 1.54) is 32.7 Å². The van der Waals surface area contributed by atoms with Crippen molar-refractivity contribution >= 4 is 16.0 Å². The normalized spacial score (nSPS) is 17.7. The second-order valence-corrected chi connectivity index (χ2v) is 7.77. The van der Waals surface area contributed by atoms with Gasteiger partial charge in [0.25, 0.3) is 0 Å². The summed E-state index contributed by atoms with van der Waals surface area (Å²) < 4.78 is 25.6. The molecule has 6 nitrogen and oxygen atoms in total. The van der Waals surface area contributed by atoms with Gasteiger partial charge in [0, 0.05) is 6.04 Å². The van der Waals surface area contributed by atoms with Gasteiger partial charge in [0.2, 0.25) is 10.0 Å². The van der Waals surface area contributed by atoms with Crippen LogP contribution in [0.5, 0.6) is 0 Å². The Morgan fingerprint density at radius 3 is 2.35 bits per heavy atom. The average Bonchev–Trinajstić information content (AvgIpc) is 2.82. The molecule has 7 heteroatoms. The number of aliphatic imine (C=N–C) groups is 1. The van der Waals surface area contributed by atoms with Crippen LogP contribution in [0.3, 0.4) is 0 Å². The summed E-state index contributed by atoms with van der Waals surface area (Å²) in [7, 11) is -2.00. The average molecular weight is 338 g/mol. The number of guanidine groups is 1. The minimum atomic E-state index is -3.39. The Balaban J connectivity index is 1.91. The predicted octanol–water partition coefficient (Wildman–Crippen LogP) is 1.72. The van der Waals surface area contributed by atoms with E-state index in [1.807, 2.05) is 0 Å². The van der Waals surface area contributed by atoms with E-state index < -0.39 is 10.0 Å². The topological polar surface area (TPSA) is 96.6 Å². The van der Waals surface area contributed by atoms with Crippen LogP contribution in [0.1, 0.15) is 44.1 Å². The highest BCUT2D eigenvalue weighted by molar-refractivity contribution is 7.89. The largest absolute Gasteiger partial charge is 0.370 e. The zero-order valence-electron chi connectivity index (χ0n) is 13.6. The van der Waals surface area contributed by atoms with Gasteiger partial charge in [0.15, 0.2) is 5.96 Å². The van der Waals surface area contributed by atoms with Crippen LogP contribution >= 0.6 is 0 Å². The summed E-state index contributed by atoms with van der Waals surface area (Å²) in [4.78, 5) is 4.60. The molecule has 1 aromatic carbocycles. The van der Waals surface area contributed by atoms with Gasteiger partial charge in [-0.05, 0) is 37.6 Å². The molecule has 0 amide bonds. The number of nitrogens with zero attached hydrogens (tertiary/aromatic N) is 1. The number of hydrogen-bond acceptors (Lipinski definition) is 3. The van der Waals surface area contributed by atoms with Crippen LogP contribution < -0.4 is 15.8 Å². The quantitative estimate of drug-likeness (QED) is 0.433. The fourth-order valence-corrected chi connectivity index (χ4v) is 3.48. The highest BCUT2D eigenvalue weighted by atomic mass is 32.2. The molecule has 128 valence electrons. The van der Waals surface area contributed by atoms with Gasteiger partial charge >= 0.3 is 0 Å². The van der Waals surface area contributed by atoms with Crippen molar-refractivity contribution in [1.29, 1.82) is 0 Å². The second-order valence-electron chi connectivity index (χ2n) is 5.89. The van der Waals surface area contributed by atoms with E-state index in [0.29, 0.717) is 18.5 Å². The molecule has 0 atom stereocenters. The second kappa shape index (κ2) is 8.31. The standard InChI is InChI=1S/C16H26N4O2S/c1-18-23(21,22)15-10-8-13(9-11-15)12-19-16(17)20-14-6-4-2-3-5-7-14/h8-11,14,18H,2-7,12H2,1H3,(H3,17,19,20). The van der Waals surface area contributed by atoms with Gasteiger partial charge in [-0.25, -0.2) is 18.1 Å². The van der Waals surface area contributed by atoms with Crippen molar-refractivity contribution in [2.75, 3.05) is 7.05 Å². The Morgan fingerprint density at radius 2 is 1.78 bits per heavy atom. The number of rotatable bonds is 5. The summed E-state index contributed by atoms with van der Waals surface area (Å²) in [5.41, 5.74) is 6.88. The summed E-state index contributed by atoms with van der Waals surface area (Å²) in [6.07, 6.45) is 7.38. The Kier molecular flexibility index (Phi) is 6.41. The van der Waals surface area contributed by atoms with Gasteiger partial charge < -0.3 is 11.1 Å². The van der Waals surface area contributed by atoms with Gasteiger partial charge in [-0.1, -0.05) is 37.8 Å². The van der Waals surface area contributed by atoms with Crippen molar-refractivity contribution in [3.05, 3.63) is 29.8 Å². The lowest BCUT2D eigenvalue weighted by Crippen LogP contribution is -2.39. The summed E-state index contributed by atoms with van der Waals surface area (Å²) >= 11 is 0. The fourth-order valence-electron chi connectivity index (χ4n) is 2.75. The molecule has 1 saturated carbocycles. The van der Waals surface area contributed by atoms with Gasteiger partial charge in [-0.3, -0.25) is 0 Å². The minimum absolute atomic E-state index is 0.247. The molecule has 23 heavy (non-hydrogen) atoms. The van der Waals surface area contributed by atoms with Gasteiger partial charge in [0.1, 0.15) is 0 Å². The molecule has 0 unspecified atom stereocenters. The molecule has 1 aliphatic carbocycles. The molecule has 0 radical (unpaired) electrons. The Hall–Kier alpha value is -1.60. The molecule has 1 aromatic rings. The molecule has 1 aliphatic rings. The molecule has 0 aliphatic heterocycles. The molecule has 0 saturated heterocycles. The van der Waals surface area contributed by atoms with Crippen LogP contribution in [0.15, 0.2) is 34.2 Å². The lowest BCUT2D eigenvalue weighted by atomic mass is 10.1. The molecule has 0 heterocycles. The van der Waals surface area contributed by atoms with E-state index in [4.69, 9.17) is 5.73 Å². The fraction of sp³-hybridized carbons (Fsp3) is 0.562. The molecular formula is C16H26N4O2S. The maximum atomic E-state index is 11.7. The van der Waals surface area contributed by atoms with Crippen LogP contribution in [0.25, 0.3) is 0 Å². The van der Waals surface area contributed by atoms with E-state index in [1.54, 1.807) is 24.3 Å². The van der Waals surface area contributed by atoms with Crippen molar-refractivity contribution in [2.45, 2.75) is 56.0 Å². The SMILES string of the molecule is CNS(=O)(=O)c1ccc(CN=C(N)NC2CCCCCC2)cc1. The van der Waals surface area contributed by atoms with Crippen LogP contribution in [-0.4, -0.2) is 27.5 Å². The van der Waals surface area contributed by atoms with Crippen molar-refractivity contribution < 1.29 is 8.42 Å². The van der Waals surface area contributed by atoms with E-state index in [-0.39, 0.29) is 4.90 Å². The Labute approximate surface area is 138 Å². The third-order valence-electron chi connectivity index (χ3n) is 4.14. The maximum absolute atomic E-state index is 11.7. The third-order valence-corrected chi connectivity index (χ3v) is 5.57. The zero-order chi connectivity index (χ0) is 16.7. The molecular weight excluding hydrogens is 312 g/mol. The van der Waals surface area contributed by atoms with Crippen molar-refractivity contribution in [3.63, 3.8) is 0 Å². The number of hydrogen-bond donors (Lipinski definition) is 3. The van der Waals surface area contributed by atoms with Crippen LogP contribution in [-0.2, 0) is 16.6 Å². The first-order valence-corrected chi connectivity index (χ1v) is 9.58. The summed E-state index contributed by atoms with van der Waals surface area (Å²) in [6.45, 7) is 0.436. The number of nitrogens with two attached hydrogens (primary N) is 1. The summed E-state index contributed by atoms with van der Waals surface area (Å²) in [5, 5.41) is 3.30. The molecule has 2 rings (SSSR count). The lowest BCUT2D eigenvalue weighted by molar-refractivity contribution is 0.530. The molecule has 1 fully saturated rings. The van der Waals surface area contributed by atoms with E-state index >= 15 is 0 Å². The molecule has 0 aromatic heterocycles. The summed E-state index contributed by atoms with van der Waals surface area (Å²) in [6, 6.07) is 7.08. The van der Waals surface area contributed by atoms with E-state index in [9.17, 15) is 8.42 Å². The zero-order valence-corrected chi connectivity index (χ0v) is 14.4. The summed E-state index contributed by atoms with van der Waals surface area (Å²) in [5.74, 6) is 0.462. The first kappa shape index (κ1) is 17.7. The van der Waals surface area contributed by atoms with Crippen molar-refractivity contribution in [2.24, 2.45) is 10.7 Å². The minimum Gasteiger partial charge on any atom is -0.370 e. The third kappa shape index (κ3) is 5.51. The highest BCUT2D eigenvalue weighted by Crippen LogP contribution is 2.17. The maximum Gasteiger partial charge on any atom is 0.240 e.